The first-order chi connectivity index (χ1) is 10.0. The van der Waals surface area contributed by atoms with E-state index in [0.717, 1.165) is 36.4 Å². The zero-order valence-electron chi connectivity index (χ0n) is 12.5. The predicted octanol–water partition coefficient (Wildman–Crippen LogP) is 2.33. The molecule has 5 nitrogen and oxygen atoms in total. The average molecular weight is 287 g/mol. The minimum Gasteiger partial charge on any atom is -0.481 e. The number of rotatable bonds is 4. The Morgan fingerprint density at radius 3 is 2.95 bits per heavy atom. The normalized spacial score (nSPS) is 23.0. The maximum atomic E-state index is 11.5. The van der Waals surface area contributed by atoms with Crippen molar-refractivity contribution in [2.24, 2.45) is 5.41 Å². The Hall–Kier alpha value is -1.88. The molecule has 1 saturated heterocycles. The maximum absolute atomic E-state index is 11.5. The summed E-state index contributed by atoms with van der Waals surface area (Å²) in [7, 11) is 0. The molecule has 1 fully saturated rings. The van der Waals surface area contributed by atoms with Gasteiger partial charge in [-0.3, -0.25) is 9.69 Å². The van der Waals surface area contributed by atoms with E-state index in [1.54, 1.807) is 0 Å². The Morgan fingerprint density at radius 1 is 1.52 bits per heavy atom. The molecule has 1 N–H and O–H groups in total. The highest BCUT2D eigenvalue weighted by atomic mass is 16.4. The van der Waals surface area contributed by atoms with Crippen LogP contribution in [-0.4, -0.2) is 38.4 Å². The van der Waals surface area contributed by atoms with E-state index in [4.69, 9.17) is 0 Å². The molecule has 3 rings (SSSR count). The quantitative estimate of drug-likeness (QED) is 0.937. The number of fused-ring (bicyclic) bond motifs is 1. The van der Waals surface area contributed by atoms with Gasteiger partial charge in [0, 0.05) is 25.5 Å². The first kappa shape index (κ1) is 14.1. The molecular formula is C16H21N3O2. The topological polar surface area (TPSA) is 57.8 Å². The largest absolute Gasteiger partial charge is 0.481 e. The van der Waals surface area contributed by atoms with Crippen LogP contribution >= 0.6 is 0 Å². The summed E-state index contributed by atoms with van der Waals surface area (Å²) in [6.45, 7) is 6.18. The van der Waals surface area contributed by atoms with E-state index in [0.29, 0.717) is 13.0 Å². The number of likely N-dealkylation sites (tertiary alicyclic amines) is 1. The van der Waals surface area contributed by atoms with Crippen molar-refractivity contribution >= 4 is 11.6 Å². The molecule has 2 aromatic heterocycles. The lowest BCUT2D eigenvalue weighted by Gasteiger charge is -2.22. The molecule has 0 aliphatic carbocycles. The lowest BCUT2D eigenvalue weighted by Crippen LogP contribution is -2.33. The number of aromatic nitrogens is 2. The molecule has 0 amide bonds. The Kier molecular flexibility index (Phi) is 3.45. The maximum Gasteiger partial charge on any atom is 0.310 e. The van der Waals surface area contributed by atoms with Gasteiger partial charge in [0.2, 0.25) is 0 Å². The zero-order chi connectivity index (χ0) is 15.0. The lowest BCUT2D eigenvalue weighted by atomic mass is 9.84. The van der Waals surface area contributed by atoms with E-state index < -0.39 is 11.4 Å². The van der Waals surface area contributed by atoms with E-state index >= 15 is 0 Å². The number of aliphatic carboxylic acids is 1. The summed E-state index contributed by atoms with van der Waals surface area (Å²) >= 11 is 0. The van der Waals surface area contributed by atoms with Crippen LogP contribution in [0.15, 0.2) is 24.5 Å². The summed E-state index contributed by atoms with van der Waals surface area (Å²) in [6.07, 6.45) is 5.44. The van der Waals surface area contributed by atoms with Crippen LogP contribution in [0.5, 0.6) is 0 Å². The first-order valence-corrected chi connectivity index (χ1v) is 7.43. The van der Waals surface area contributed by atoms with Gasteiger partial charge >= 0.3 is 5.97 Å². The van der Waals surface area contributed by atoms with Gasteiger partial charge in [-0.05, 0) is 37.9 Å². The number of nitrogens with zero attached hydrogens (tertiary/aromatic N) is 3. The van der Waals surface area contributed by atoms with Crippen molar-refractivity contribution in [1.82, 2.24) is 14.3 Å². The van der Waals surface area contributed by atoms with Crippen molar-refractivity contribution < 1.29 is 9.90 Å². The third-order valence-electron chi connectivity index (χ3n) is 4.68. The molecule has 2 aromatic rings. The van der Waals surface area contributed by atoms with E-state index in [1.165, 1.54) is 0 Å². The third-order valence-corrected chi connectivity index (χ3v) is 4.68. The summed E-state index contributed by atoms with van der Waals surface area (Å²) in [6, 6.07) is 4.06. The SMILES string of the molecule is CCC1(C(=O)O)CCN(Cc2cn3cccc(C)c3n2)C1. The van der Waals surface area contributed by atoms with Gasteiger partial charge in [0.1, 0.15) is 5.65 Å². The van der Waals surface area contributed by atoms with Gasteiger partial charge in [0.05, 0.1) is 11.1 Å². The van der Waals surface area contributed by atoms with Gasteiger partial charge in [-0.25, -0.2) is 4.98 Å². The minimum atomic E-state index is -0.668. The lowest BCUT2D eigenvalue weighted by molar-refractivity contribution is -0.148. The van der Waals surface area contributed by atoms with Gasteiger partial charge in [-0.15, -0.1) is 0 Å². The Bertz CT molecular complexity index is 679. The predicted molar refractivity (Wildman–Crippen MR) is 80.2 cm³/mol. The van der Waals surface area contributed by atoms with Crippen LogP contribution in [0, 0.1) is 12.3 Å². The molecule has 5 heteroatoms. The molecule has 112 valence electrons. The minimum absolute atomic E-state index is 0.574. The Morgan fingerprint density at radius 2 is 2.33 bits per heavy atom. The highest BCUT2D eigenvalue weighted by molar-refractivity contribution is 5.75. The van der Waals surface area contributed by atoms with Crippen LogP contribution in [0.3, 0.4) is 0 Å². The summed E-state index contributed by atoms with van der Waals surface area (Å²) in [5.41, 5.74) is 2.56. The molecule has 1 unspecified atom stereocenters. The van der Waals surface area contributed by atoms with Gasteiger partial charge in [-0.2, -0.15) is 0 Å². The van der Waals surface area contributed by atoms with Crippen molar-refractivity contribution in [2.75, 3.05) is 13.1 Å². The second-order valence-electron chi connectivity index (χ2n) is 6.05. The Balaban J connectivity index is 1.78. The van der Waals surface area contributed by atoms with Gasteiger partial charge in [-0.1, -0.05) is 13.0 Å². The first-order valence-electron chi connectivity index (χ1n) is 7.43. The second kappa shape index (κ2) is 5.15. The molecule has 3 heterocycles. The van der Waals surface area contributed by atoms with Crippen molar-refractivity contribution in [3.05, 3.63) is 35.8 Å². The van der Waals surface area contributed by atoms with Crippen LogP contribution in [0.4, 0.5) is 0 Å². The summed E-state index contributed by atoms with van der Waals surface area (Å²) in [5.74, 6) is -0.668. The number of pyridine rings is 1. The summed E-state index contributed by atoms with van der Waals surface area (Å²) < 4.78 is 2.03. The zero-order valence-corrected chi connectivity index (χ0v) is 12.5. The van der Waals surface area contributed by atoms with Crippen molar-refractivity contribution in [1.29, 1.82) is 0 Å². The van der Waals surface area contributed by atoms with Gasteiger partial charge in [0.15, 0.2) is 0 Å². The number of imidazole rings is 1. The standard InChI is InChI=1S/C16H21N3O2/c1-3-16(15(20)21)6-8-18(11-16)9-13-10-19-7-4-5-12(2)14(19)17-13/h4-5,7,10H,3,6,8-9,11H2,1-2H3,(H,20,21). The third kappa shape index (κ3) is 2.42. The van der Waals surface area contributed by atoms with E-state index in [2.05, 4.69) is 22.9 Å². The van der Waals surface area contributed by atoms with Crippen molar-refractivity contribution in [2.45, 2.75) is 33.2 Å². The van der Waals surface area contributed by atoms with Crippen molar-refractivity contribution in [3.63, 3.8) is 0 Å². The van der Waals surface area contributed by atoms with Gasteiger partial charge in [0.25, 0.3) is 0 Å². The number of hydrogen-bond acceptors (Lipinski definition) is 3. The van der Waals surface area contributed by atoms with E-state index in [9.17, 15) is 9.90 Å². The van der Waals surface area contributed by atoms with E-state index in [-0.39, 0.29) is 0 Å². The summed E-state index contributed by atoms with van der Waals surface area (Å²) in [4.78, 5) is 18.4. The van der Waals surface area contributed by atoms with Crippen LogP contribution in [-0.2, 0) is 11.3 Å². The van der Waals surface area contributed by atoms with Crippen molar-refractivity contribution in [3.8, 4) is 0 Å². The van der Waals surface area contributed by atoms with Crippen LogP contribution in [0.1, 0.15) is 31.0 Å². The highest BCUT2D eigenvalue weighted by Crippen LogP contribution is 2.34. The average Bonchev–Trinajstić information content (AvgIpc) is 3.04. The fourth-order valence-corrected chi connectivity index (χ4v) is 3.22. The molecule has 1 aliphatic heterocycles. The molecule has 1 atom stereocenters. The van der Waals surface area contributed by atoms with Gasteiger partial charge < -0.3 is 9.51 Å². The Labute approximate surface area is 124 Å². The fourth-order valence-electron chi connectivity index (χ4n) is 3.22. The van der Waals surface area contributed by atoms with Crippen LogP contribution in [0.2, 0.25) is 0 Å². The number of hydrogen-bond donors (Lipinski definition) is 1. The molecule has 1 aliphatic rings. The molecule has 0 radical (unpaired) electrons. The fraction of sp³-hybridized carbons (Fsp3) is 0.500. The monoisotopic (exact) mass is 287 g/mol. The van der Waals surface area contributed by atoms with E-state index in [1.807, 2.05) is 29.8 Å². The number of carboxylic acids is 1. The number of carboxylic acid groups (broad SMARTS) is 1. The smallest absolute Gasteiger partial charge is 0.310 e. The highest BCUT2D eigenvalue weighted by Gasteiger charge is 2.43. The second-order valence-corrected chi connectivity index (χ2v) is 6.05. The molecular weight excluding hydrogens is 266 g/mol. The van der Waals surface area contributed by atoms with Crippen LogP contribution < -0.4 is 0 Å². The number of aryl methyl sites for hydroxylation is 1. The van der Waals surface area contributed by atoms with Crippen LogP contribution in [0.25, 0.3) is 5.65 Å². The number of carbonyl (C=O) groups is 1. The molecule has 0 bridgehead atoms. The molecule has 0 spiro atoms. The molecule has 0 aromatic carbocycles. The molecule has 0 saturated carbocycles. The summed E-state index contributed by atoms with van der Waals surface area (Å²) in [5, 5.41) is 9.45. The molecule has 21 heavy (non-hydrogen) atoms.